The molecule has 0 saturated carbocycles. The first-order valence-electron chi connectivity index (χ1n) is 6.62. The van der Waals surface area contributed by atoms with Gasteiger partial charge in [-0.3, -0.25) is 0 Å². The fourth-order valence-corrected chi connectivity index (χ4v) is 1.93. The highest BCUT2D eigenvalue weighted by Gasteiger charge is 2.13. The molecule has 0 aliphatic heterocycles. The molecule has 1 heterocycles. The Morgan fingerprint density at radius 2 is 2.05 bits per heavy atom. The Bertz CT molecular complexity index is 580. The summed E-state index contributed by atoms with van der Waals surface area (Å²) >= 11 is 0. The van der Waals surface area contributed by atoms with Crippen LogP contribution in [0.2, 0.25) is 0 Å². The number of anilines is 1. The minimum atomic E-state index is -0.598. The largest absolute Gasteiger partial charge is 0.479 e. The van der Waals surface area contributed by atoms with Crippen molar-refractivity contribution in [3.05, 3.63) is 47.9 Å². The van der Waals surface area contributed by atoms with E-state index in [0.717, 1.165) is 11.8 Å². The predicted octanol–water partition coefficient (Wildman–Crippen LogP) is 2.18. The van der Waals surface area contributed by atoms with Crippen LogP contribution in [-0.4, -0.2) is 35.8 Å². The summed E-state index contributed by atoms with van der Waals surface area (Å²) in [7, 11) is 3.14. The second kappa shape index (κ2) is 6.99. The molecule has 5 nitrogen and oxygen atoms in total. The highest BCUT2D eigenvalue weighted by atomic mass is 19.1. The molecule has 2 rings (SSSR count). The molecule has 1 aromatic carbocycles. The van der Waals surface area contributed by atoms with Gasteiger partial charge in [-0.1, -0.05) is 30.3 Å². The van der Waals surface area contributed by atoms with Crippen LogP contribution in [0.5, 0.6) is 5.88 Å². The van der Waals surface area contributed by atoms with E-state index in [2.05, 4.69) is 9.97 Å². The highest BCUT2D eigenvalue weighted by Crippen LogP contribution is 2.19. The Morgan fingerprint density at radius 1 is 1.33 bits per heavy atom. The minimum Gasteiger partial charge on any atom is -0.479 e. The Balaban J connectivity index is 1.97. The Labute approximate surface area is 123 Å². The first kappa shape index (κ1) is 15.2. The molecular formula is C15H18FN3O2. The first-order chi connectivity index (χ1) is 10.1. The molecule has 0 saturated heterocycles. The van der Waals surface area contributed by atoms with Crippen LogP contribution < -0.4 is 9.64 Å². The van der Waals surface area contributed by atoms with Crippen molar-refractivity contribution in [2.45, 2.75) is 12.5 Å². The van der Waals surface area contributed by atoms with E-state index in [1.807, 2.05) is 30.3 Å². The van der Waals surface area contributed by atoms with Gasteiger partial charge in [-0.2, -0.15) is 9.37 Å². The van der Waals surface area contributed by atoms with E-state index in [-0.39, 0.29) is 5.88 Å². The number of benzene rings is 1. The first-order valence-corrected chi connectivity index (χ1v) is 6.62. The number of halogens is 1. The van der Waals surface area contributed by atoms with Gasteiger partial charge in [0.25, 0.3) is 5.88 Å². The summed E-state index contributed by atoms with van der Waals surface area (Å²) in [6.45, 7) is 0.533. The monoisotopic (exact) mass is 291 g/mol. The normalized spacial score (nSPS) is 12.0. The zero-order chi connectivity index (χ0) is 15.2. The lowest BCUT2D eigenvalue weighted by molar-refractivity contribution is 0.169. The molecule has 6 heteroatoms. The van der Waals surface area contributed by atoms with Gasteiger partial charge in [-0.25, -0.2) is 4.98 Å². The number of aliphatic hydroxyl groups is 1. The lowest BCUT2D eigenvalue weighted by Crippen LogP contribution is -2.23. The number of hydrogen-bond donors (Lipinski definition) is 1. The fraction of sp³-hybridized carbons (Fsp3) is 0.333. The lowest BCUT2D eigenvalue weighted by Gasteiger charge is -2.19. The van der Waals surface area contributed by atoms with Crippen LogP contribution in [0.25, 0.3) is 0 Å². The van der Waals surface area contributed by atoms with Crippen molar-refractivity contribution in [1.29, 1.82) is 0 Å². The quantitative estimate of drug-likeness (QED) is 0.884. The minimum absolute atomic E-state index is 0.0875. The van der Waals surface area contributed by atoms with Gasteiger partial charge in [0.2, 0.25) is 11.8 Å². The van der Waals surface area contributed by atoms with Crippen LogP contribution in [0.15, 0.2) is 36.5 Å². The van der Waals surface area contributed by atoms with Crippen molar-refractivity contribution in [3.63, 3.8) is 0 Å². The summed E-state index contributed by atoms with van der Waals surface area (Å²) in [6, 6.07) is 9.43. The molecule has 1 atom stereocenters. The second-order valence-electron chi connectivity index (χ2n) is 4.66. The molecule has 0 spiro atoms. The average molecular weight is 291 g/mol. The van der Waals surface area contributed by atoms with Crippen molar-refractivity contribution in [3.8, 4) is 5.88 Å². The number of ether oxygens (including phenoxy) is 1. The van der Waals surface area contributed by atoms with Crippen molar-refractivity contribution in [2.24, 2.45) is 0 Å². The molecule has 0 aliphatic rings. The standard InChI is InChI=1S/C15H18FN3O2/c1-19(15-17-10-12(16)14(18-15)21-2)9-8-13(20)11-6-4-3-5-7-11/h3-7,10,13,20H,8-9H2,1-2H3. The third-order valence-corrected chi connectivity index (χ3v) is 3.16. The van der Waals surface area contributed by atoms with Gasteiger partial charge in [0.15, 0.2) is 0 Å². The SMILES string of the molecule is COc1nc(N(C)CCC(O)c2ccccc2)ncc1F. The van der Waals surface area contributed by atoms with Crippen LogP contribution in [-0.2, 0) is 0 Å². The molecule has 1 unspecified atom stereocenters. The van der Waals surface area contributed by atoms with Crippen LogP contribution in [0.4, 0.5) is 10.3 Å². The Hall–Kier alpha value is -2.21. The van der Waals surface area contributed by atoms with E-state index < -0.39 is 11.9 Å². The zero-order valence-corrected chi connectivity index (χ0v) is 12.0. The van der Waals surface area contributed by atoms with Gasteiger partial charge in [0, 0.05) is 13.6 Å². The zero-order valence-electron chi connectivity index (χ0n) is 12.0. The maximum Gasteiger partial charge on any atom is 0.255 e. The summed E-state index contributed by atoms with van der Waals surface area (Å²) in [5.41, 5.74) is 0.864. The van der Waals surface area contributed by atoms with Crippen molar-refractivity contribution in [2.75, 3.05) is 25.6 Å². The number of hydrogen-bond acceptors (Lipinski definition) is 5. The van der Waals surface area contributed by atoms with Gasteiger partial charge in [-0.15, -0.1) is 0 Å². The molecule has 21 heavy (non-hydrogen) atoms. The van der Waals surface area contributed by atoms with E-state index >= 15 is 0 Å². The van der Waals surface area contributed by atoms with E-state index in [9.17, 15) is 9.50 Å². The number of nitrogens with zero attached hydrogens (tertiary/aromatic N) is 3. The molecule has 1 N–H and O–H groups in total. The van der Waals surface area contributed by atoms with Crippen LogP contribution in [0.1, 0.15) is 18.1 Å². The van der Waals surface area contributed by atoms with Gasteiger partial charge < -0.3 is 14.7 Å². The summed E-state index contributed by atoms with van der Waals surface area (Å²) in [6.07, 6.45) is 1.03. The van der Waals surface area contributed by atoms with Crippen molar-refractivity contribution < 1.29 is 14.2 Å². The second-order valence-corrected chi connectivity index (χ2v) is 4.66. The van der Waals surface area contributed by atoms with Gasteiger partial charge in [0.1, 0.15) is 0 Å². The maximum absolute atomic E-state index is 13.3. The molecule has 2 aromatic rings. The summed E-state index contributed by atoms with van der Waals surface area (Å²) in [5, 5.41) is 10.1. The predicted molar refractivity (Wildman–Crippen MR) is 77.8 cm³/mol. The van der Waals surface area contributed by atoms with Crippen LogP contribution in [0.3, 0.4) is 0 Å². The Kier molecular flexibility index (Phi) is 5.05. The summed E-state index contributed by atoms with van der Waals surface area (Å²) in [5.74, 6) is -0.331. The van der Waals surface area contributed by atoms with Crippen LogP contribution >= 0.6 is 0 Å². The maximum atomic E-state index is 13.3. The number of rotatable bonds is 6. The third-order valence-electron chi connectivity index (χ3n) is 3.16. The number of aromatic nitrogens is 2. The number of aliphatic hydroxyl groups excluding tert-OH is 1. The molecule has 0 amide bonds. The van der Waals surface area contributed by atoms with Gasteiger partial charge >= 0.3 is 0 Å². The Morgan fingerprint density at radius 3 is 2.71 bits per heavy atom. The van der Waals surface area contributed by atoms with Gasteiger partial charge in [0.05, 0.1) is 19.4 Å². The molecule has 1 aromatic heterocycles. The van der Waals surface area contributed by atoms with E-state index in [1.54, 1.807) is 11.9 Å². The fourth-order valence-electron chi connectivity index (χ4n) is 1.93. The van der Waals surface area contributed by atoms with Gasteiger partial charge in [-0.05, 0) is 12.0 Å². The molecule has 0 bridgehead atoms. The summed E-state index contributed by atoms with van der Waals surface area (Å²) < 4.78 is 18.1. The highest BCUT2D eigenvalue weighted by molar-refractivity contribution is 5.31. The molecule has 112 valence electrons. The van der Waals surface area contributed by atoms with E-state index in [1.165, 1.54) is 7.11 Å². The van der Waals surface area contributed by atoms with E-state index in [0.29, 0.717) is 18.9 Å². The van der Waals surface area contributed by atoms with Crippen molar-refractivity contribution in [1.82, 2.24) is 9.97 Å². The lowest BCUT2D eigenvalue weighted by atomic mass is 10.1. The topological polar surface area (TPSA) is 58.5 Å². The molecule has 0 aliphatic carbocycles. The molecule has 0 radical (unpaired) electrons. The van der Waals surface area contributed by atoms with E-state index in [4.69, 9.17) is 4.74 Å². The smallest absolute Gasteiger partial charge is 0.255 e. The number of methoxy groups -OCH3 is 1. The molecule has 0 fully saturated rings. The summed E-state index contributed by atoms with van der Waals surface area (Å²) in [4.78, 5) is 9.64. The average Bonchev–Trinajstić information content (AvgIpc) is 2.53. The van der Waals surface area contributed by atoms with Crippen LogP contribution in [0, 0.1) is 5.82 Å². The van der Waals surface area contributed by atoms with Crippen molar-refractivity contribution >= 4 is 5.95 Å². The third kappa shape index (κ3) is 3.88. The molecular weight excluding hydrogens is 273 g/mol.